The highest BCUT2D eigenvalue weighted by molar-refractivity contribution is 5.90. The molecule has 82 valence electrons. The third-order valence-corrected chi connectivity index (χ3v) is 1.81. The molecular weight excluding hydrogens is 211 g/mol. The van der Waals surface area contributed by atoms with Crippen LogP contribution in [-0.4, -0.2) is 18.1 Å². The van der Waals surface area contributed by atoms with Crippen molar-refractivity contribution in [2.45, 2.75) is 13.1 Å². The second-order valence-electron chi connectivity index (χ2n) is 2.87. The van der Waals surface area contributed by atoms with Crippen LogP contribution in [0.1, 0.15) is 21.6 Å². The smallest absolute Gasteiger partial charge is 0.433 e. The number of esters is 1. The van der Waals surface area contributed by atoms with Crippen LogP contribution in [-0.2, 0) is 10.9 Å². The molecule has 0 unspecified atom stereocenters. The summed E-state index contributed by atoms with van der Waals surface area (Å²) >= 11 is 0. The van der Waals surface area contributed by atoms with Crippen LogP contribution in [0.3, 0.4) is 0 Å². The number of aromatic nitrogens is 1. The quantitative estimate of drug-likeness (QED) is 0.679. The van der Waals surface area contributed by atoms with Crippen molar-refractivity contribution in [2.75, 3.05) is 7.11 Å². The van der Waals surface area contributed by atoms with Crippen LogP contribution < -0.4 is 0 Å². The van der Waals surface area contributed by atoms with E-state index in [4.69, 9.17) is 0 Å². The van der Waals surface area contributed by atoms with Gasteiger partial charge in [-0.1, -0.05) is 0 Å². The van der Waals surface area contributed by atoms with E-state index in [1.54, 1.807) is 0 Å². The predicted molar refractivity (Wildman–Crippen MR) is 45.3 cm³/mol. The lowest BCUT2D eigenvalue weighted by molar-refractivity contribution is -0.141. The molecule has 0 N–H and O–H groups in total. The van der Waals surface area contributed by atoms with Crippen molar-refractivity contribution >= 4 is 5.97 Å². The van der Waals surface area contributed by atoms with E-state index >= 15 is 0 Å². The second-order valence-corrected chi connectivity index (χ2v) is 2.87. The summed E-state index contributed by atoms with van der Waals surface area (Å²) in [7, 11) is 1.15. The first-order valence-electron chi connectivity index (χ1n) is 3.98. The summed E-state index contributed by atoms with van der Waals surface area (Å²) in [5, 5.41) is 0. The number of carbonyl (C=O) groups excluding carboxylic acids is 1. The van der Waals surface area contributed by atoms with Crippen molar-refractivity contribution in [1.82, 2.24) is 4.98 Å². The van der Waals surface area contributed by atoms with E-state index in [0.717, 1.165) is 19.4 Å². The van der Waals surface area contributed by atoms with Crippen molar-refractivity contribution in [1.29, 1.82) is 0 Å². The molecule has 0 aliphatic carbocycles. The Labute approximate surface area is 83.9 Å². The minimum absolute atomic E-state index is 0.0329. The molecule has 3 nitrogen and oxygen atoms in total. The van der Waals surface area contributed by atoms with Crippen molar-refractivity contribution < 1.29 is 22.7 Å². The fourth-order valence-electron chi connectivity index (χ4n) is 1.03. The number of hydrogen-bond acceptors (Lipinski definition) is 3. The zero-order chi connectivity index (χ0) is 11.6. The molecule has 0 radical (unpaired) electrons. The summed E-state index contributed by atoms with van der Waals surface area (Å²) in [4.78, 5) is 14.2. The Kier molecular flexibility index (Phi) is 2.97. The van der Waals surface area contributed by atoms with E-state index in [2.05, 4.69) is 9.72 Å². The highest BCUT2D eigenvalue weighted by Gasteiger charge is 2.33. The van der Waals surface area contributed by atoms with Gasteiger partial charge in [-0.15, -0.1) is 0 Å². The molecule has 1 heterocycles. The highest BCUT2D eigenvalue weighted by Crippen LogP contribution is 2.28. The molecule has 0 saturated heterocycles. The lowest BCUT2D eigenvalue weighted by atomic mass is 10.1. The molecule has 0 amide bonds. The first-order valence-corrected chi connectivity index (χ1v) is 3.98. The fraction of sp³-hybridized carbons (Fsp3) is 0.333. The Hall–Kier alpha value is -1.59. The second kappa shape index (κ2) is 3.88. The van der Waals surface area contributed by atoms with Crippen LogP contribution in [0.5, 0.6) is 0 Å². The summed E-state index contributed by atoms with van der Waals surface area (Å²) < 4.78 is 41.0. The molecule has 1 rings (SSSR count). The van der Waals surface area contributed by atoms with Crippen LogP contribution in [0.4, 0.5) is 13.2 Å². The van der Waals surface area contributed by atoms with Crippen LogP contribution in [0, 0.1) is 6.92 Å². The molecule has 15 heavy (non-hydrogen) atoms. The van der Waals surface area contributed by atoms with E-state index in [9.17, 15) is 18.0 Å². The number of aryl methyl sites for hydroxylation is 1. The molecular formula is C9H8F3NO2. The molecule has 0 spiro atoms. The van der Waals surface area contributed by atoms with E-state index in [1.165, 1.54) is 6.92 Å². The largest absolute Gasteiger partial charge is 0.465 e. The third-order valence-electron chi connectivity index (χ3n) is 1.81. The third kappa shape index (κ3) is 2.45. The average Bonchev–Trinajstić information content (AvgIpc) is 2.15. The molecule has 6 heteroatoms. The van der Waals surface area contributed by atoms with Crippen molar-refractivity contribution in [3.63, 3.8) is 0 Å². The summed E-state index contributed by atoms with van der Waals surface area (Å²) in [6.45, 7) is 1.39. The molecule has 0 fully saturated rings. The number of alkyl halides is 3. The van der Waals surface area contributed by atoms with Gasteiger partial charge in [-0.2, -0.15) is 13.2 Å². The normalized spacial score (nSPS) is 11.3. The van der Waals surface area contributed by atoms with Crippen LogP contribution in [0.2, 0.25) is 0 Å². The molecule has 0 aromatic carbocycles. The van der Waals surface area contributed by atoms with Gasteiger partial charge in [-0.05, 0) is 18.6 Å². The summed E-state index contributed by atoms with van der Waals surface area (Å²) in [6.07, 6.45) is -3.64. The number of rotatable bonds is 1. The lowest BCUT2D eigenvalue weighted by Gasteiger charge is -2.08. The predicted octanol–water partition coefficient (Wildman–Crippen LogP) is 2.20. The van der Waals surface area contributed by atoms with E-state index in [1.807, 2.05) is 0 Å². The van der Waals surface area contributed by atoms with Gasteiger partial charge in [-0.3, -0.25) is 4.98 Å². The van der Waals surface area contributed by atoms with Gasteiger partial charge in [0.2, 0.25) is 0 Å². The summed E-state index contributed by atoms with van der Waals surface area (Å²) in [5.74, 6) is -0.700. The number of ether oxygens (including phenoxy) is 1. The highest BCUT2D eigenvalue weighted by atomic mass is 19.4. The summed E-state index contributed by atoms with van der Waals surface area (Å²) in [5.41, 5.74) is -0.803. The minimum Gasteiger partial charge on any atom is -0.465 e. The Morgan fingerprint density at radius 2 is 2.07 bits per heavy atom. The van der Waals surface area contributed by atoms with E-state index in [-0.39, 0.29) is 11.1 Å². The molecule has 0 saturated carbocycles. The standard InChI is InChI=1S/C9H8F3NO2/c1-5-3-7(9(10,11)12)13-4-6(5)8(14)15-2/h3-4H,1-2H3. The van der Waals surface area contributed by atoms with Gasteiger partial charge >= 0.3 is 12.1 Å². The van der Waals surface area contributed by atoms with Crippen molar-refractivity contribution in [2.24, 2.45) is 0 Å². The van der Waals surface area contributed by atoms with Crippen molar-refractivity contribution in [3.8, 4) is 0 Å². The van der Waals surface area contributed by atoms with E-state index in [0.29, 0.717) is 0 Å². The first kappa shape index (κ1) is 11.5. The number of hydrogen-bond donors (Lipinski definition) is 0. The average molecular weight is 219 g/mol. The van der Waals surface area contributed by atoms with Crippen molar-refractivity contribution in [3.05, 3.63) is 29.1 Å². The molecule has 0 aliphatic heterocycles. The SMILES string of the molecule is COC(=O)c1cnc(C(F)(F)F)cc1C. The zero-order valence-corrected chi connectivity index (χ0v) is 8.05. The number of methoxy groups -OCH3 is 1. The van der Waals surface area contributed by atoms with Gasteiger partial charge in [0.1, 0.15) is 5.69 Å². The maximum Gasteiger partial charge on any atom is 0.433 e. The molecule has 1 aromatic heterocycles. The maximum absolute atomic E-state index is 12.2. The minimum atomic E-state index is -4.50. The number of nitrogens with zero attached hydrogens (tertiary/aromatic N) is 1. The van der Waals surface area contributed by atoms with Gasteiger partial charge in [0.05, 0.1) is 12.7 Å². The topological polar surface area (TPSA) is 39.2 Å². The maximum atomic E-state index is 12.2. The van der Waals surface area contributed by atoms with Crippen LogP contribution >= 0.6 is 0 Å². The zero-order valence-electron chi connectivity index (χ0n) is 8.05. The Bertz CT molecular complexity index is 387. The Balaban J connectivity index is 3.15. The number of halogens is 3. The Morgan fingerprint density at radius 3 is 2.47 bits per heavy atom. The number of pyridine rings is 1. The fourth-order valence-corrected chi connectivity index (χ4v) is 1.03. The van der Waals surface area contributed by atoms with Gasteiger partial charge in [-0.25, -0.2) is 4.79 Å². The Morgan fingerprint density at radius 1 is 1.47 bits per heavy atom. The lowest BCUT2D eigenvalue weighted by Crippen LogP contribution is -2.11. The molecule has 0 atom stereocenters. The van der Waals surface area contributed by atoms with Gasteiger partial charge in [0.25, 0.3) is 0 Å². The van der Waals surface area contributed by atoms with Gasteiger partial charge < -0.3 is 4.74 Å². The monoisotopic (exact) mass is 219 g/mol. The van der Waals surface area contributed by atoms with Gasteiger partial charge in [0, 0.05) is 6.20 Å². The van der Waals surface area contributed by atoms with Crippen LogP contribution in [0.25, 0.3) is 0 Å². The van der Waals surface area contributed by atoms with Crippen LogP contribution in [0.15, 0.2) is 12.3 Å². The van der Waals surface area contributed by atoms with E-state index < -0.39 is 17.8 Å². The molecule has 1 aromatic rings. The first-order chi connectivity index (χ1) is 6.86. The van der Waals surface area contributed by atoms with Gasteiger partial charge in [0.15, 0.2) is 0 Å². The number of carbonyl (C=O) groups is 1. The molecule has 0 bridgehead atoms. The summed E-state index contributed by atoms with van der Waals surface area (Å²) in [6, 6.07) is 0.812. The molecule has 0 aliphatic rings.